The van der Waals surface area contributed by atoms with E-state index in [0.29, 0.717) is 18.2 Å². The minimum atomic E-state index is 0.399. The molecule has 2 fully saturated rings. The number of aliphatic imine (C=N–C) groups is 1. The van der Waals surface area contributed by atoms with Crippen LogP contribution in [0.15, 0.2) is 65.7 Å². The smallest absolute Gasteiger partial charge is 0.106 e. The molecule has 122 valence electrons. The Labute approximate surface area is 144 Å². The maximum Gasteiger partial charge on any atom is 0.106 e. The van der Waals surface area contributed by atoms with Gasteiger partial charge in [0, 0.05) is 0 Å². The van der Waals surface area contributed by atoms with Crippen molar-refractivity contribution in [2.75, 3.05) is 0 Å². The molecule has 0 spiro atoms. The molecule has 2 nitrogen and oxygen atoms in total. The van der Waals surface area contributed by atoms with E-state index in [0.717, 1.165) is 5.92 Å². The Kier molecular flexibility index (Phi) is 3.52. The third-order valence-corrected chi connectivity index (χ3v) is 5.99. The summed E-state index contributed by atoms with van der Waals surface area (Å²) in [5.41, 5.74) is 4.08. The molecule has 2 aromatic carbocycles. The van der Waals surface area contributed by atoms with Crippen LogP contribution in [0.1, 0.15) is 49.3 Å². The zero-order valence-electron chi connectivity index (χ0n) is 14.0. The minimum absolute atomic E-state index is 0.399. The van der Waals surface area contributed by atoms with Crippen molar-refractivity contribution in [2.24, 2.45) is 10.9 Å². The Hall–Kier alpha value is -1.93. The van der Waals surface area contributed by atoms with Crippen molar-refractivity contribution < 1.29 is 0 Å². The second-order valence-corrected chi connectivity index (χ2v) is 7.44. The van der Waals surface area contributed by atoms with Crippen molar-refractivity contribution in [3.63, 3.8) is 0 Å². The maximum atomic E-state index is 5.23. The summed E-state index contributed by atoms with van der Waals surface area (Å²) in [6, 6.07) is 22.8. The number of hydrogen-bond donors (Lipinski definition) is 0. The molecule has 3 aliphatic rings. The molecule has 0 aromatic heterocycles. The van der Waals surface area contributed by atoms with Gasteiger partial charge in [0.25, 0.3) is 0 Å². The molecule has 2 aliphatic heterocycles. The first-order chi connectivity index (χ1) is 11.9. The Morgan fingerprint density at radius 3 is 2.12 bits per heavy atom. The first kappa shape index (κ1) is 14.4. The lowest BCUT2D eigenvalue weighted by Gasteiger charge is -2.28. The van der Waals surface area contributed by atoms with E-state index < -0.39 is 0 Å². The van der Waals surface area contributed by atoms with Gasteiger partial charge in [0.1, 0.15) is 6.17 Å². The van der Waals surface area contributed by atoms with Crippen molar-refractivity contribution in [2.45, 2.75) is 50.4 Å². The van der Waals surface area contributed by atoms with Crippen molar-refractivity contribution in [1.29, 1.82) is 0 Å². The molecule has 2 heterocycles. The van der Waals surface area contributed by atoms with Crippen LogP contribution in [0.25, 0.3) is 0 Å². The highest BCUT2D eigenvalue weighted by molar-refractivity contribution is 6.08. The lowest BCUT2D eigenvalue weighted by molar-refractivity contribution is 0.219. The van der Waals surface area contributed by atoms with Gasteiger partial charge in [-0.1, -0.05) is 79.9 Å². The third kappa shape index (κ3) is 2.32. The zero-order valence-corrected chi connectivity index (χ0v) is 14.0. The van der Waals surface area contributed by atoms with Crippen LogP contribution in [0.5, 0.6) is 0 Å². The lowest BCUT2D eigenvalue weighted by atomic mass is 9.87. The normalized spacial score (nSPS) is 32.2. The molecule has 0 radical (unpaired) electrons. The Bertz CT molecular complexity index is 731. The van der Waals surface area contributed by atoms with Gasteiger partial charge in [-0.05, 0) is 29.9 Å². The van der Waals surface area contributed by atoms with Crippen LogP contribution >= 0.6 is 0 Å². The number of rotatable bonds is 3. The number of hydrogen-bond acceptors (Lipinski definition) is 2. The van der Waals surface area contributed by atoms with E-state index in [4.69, 9.17) is 4.99 Å². The summed E-state index contributed by atoms with van der Waals surface area (Å²) in [7, 11) is 0. The predicted octanol–water partition coefficient (Wildman–Crippen LogP) is 4.82. The topological polar surface area (TPSA) is 15.4 Å². The van der Waals surface area contributed by atoms with Gasteiger partial charge >= 0.3 is 0 Å². The van der Waals surface area contributed by atoms with Crippen LogP contribution in [-0.2, 0) is 0 Å². The molecule has 0 amide bonds. The summed E-state index contributed by atoms with van der Waals surface area (Å²) in [5.74, 6) is 0.746. The molecule has 5 rings (SSSR count). The third-order valence-electron chi connectivity index (χ3n) is 5.99. The second kappa shape index (κ2) is 5.86. The van der Waals surface area contributed by atoms with Crippen LogP contribution in [0, 0.1) is 5.92 Å². The van der Waals surface area contributed by atoms with Gasteiger partial charge in [-0.3, -0.25) is 9.89 Å². The van der Waals surface area contributed by atoms with E-state index in [9.17, 15) is 0 Å². The highest BCUT2D eigenvalue weighted by atomic mass is 15.5. The van der Waals surface area contributed by atoms with Gasteiger partial charge in [0.05, 0.1) is 17.8 Å². The zero-order chi connectivity index (χ0) is 15.9. The van der Waals surface area contributed by atoms with Crippen LogP contribution in [-0.4, -0.2) is 22.8 Å². The van der Waals surface area contributed by atoms with Gasteiger partial charge in [-0.2, -0.15) is 0 Å². The highest BCUT2D eigenvalue weighted by Gasteiger charge is 2.60. The molecule has 1 saturated heterocycles. The fraction of sp³-hybridized carbons (Fsp3) is 0.409. The molecular formula is C22H24N2. The minimum Gasteiger partial charge on any atom is -0.268 e. The van der Waals surface area contributed by atoms with Gasteiger partial charge in [0.2, 0.25) is 0 Å². The molecule has 0 bridgehead atoms. The van der Waals surface area contributed by atoms with Crippen LogP contribution < -0.4 is 0 Å². The average molecular weight is 316 g/mol. The summed E-state index contributed by atoms with van der Waals surface area (Å²) in [6.07, 6.45) is 7.26. The summed E-state index contributed by atoms with van der Waals surface area (Å²) >= 11 is 0. The van der Waals surface area contributed by atoms with Gasteiger partial charge in [-0.15, -0.1) is 0 Å². The van der Waals surface area contributed by atoms with Crippen LogP contribution in [0.3, 0.4) is 0 Å². The average Bonchev–Trinajstić information content (AvgIpc) is 3.28. The van der Waals surface area contributed by atoms with E-state index in [1.54, 1.807) is 0 Å². The number of nitrogens with zero attached hydrogens (tertiary/aromatic N) is 2. The van der Waals surface area contributed by atoms with Crippen molar-refractivity contribution in [1.82, 2.24) is 4.90 Å². The Balaban J connectivity index is 1.50. The molecule has 2 heteroatoms. The van der Waals surface area contributed by atoms with Crippen LogP contribution in [0.4, 0.5) is 0 Å². The Morgan fingerprint density at radius 2 is 1.42 bits per heavy atom. The van der Waals surface area contributed by atoms with Gasteiger partial charge in [-0.25, -0.2) is 0 Å². The van der Waals surface area contributed by atoms with E-state index in [2.05, 4.69) is 65.6 Å². The SMILES string of the molecule is c1ccc(C2=N[C@@H](C3CCCCC3)N3[C@H]2[C@@H]3c2ccccc2)cc1. The second-order valence-electron chi connectivity index (χ2n) is 7.44. The van der Waals surface area contributed by atoms with Crippen LogP contribution in [0.2, 0.25) is 0 Å². The molecule has 1 unspecified atom stereocenters. The monoisotopic (exact) mass is 316 g/mol. The standard InChI is InChI=1S/C22H24N2/c1-4-10-16(11-5-1)19-21-20(17-12-6-2-7-13-17)24(21)22(23-19)18-14-8-3-9-15-18/h1-2,4-7,10-13,18,20-22H,3,8-9,14-15H2/t20-,21+,22+,24?/m0/s1. The first-order valence-corrected chi connectivity index (χ1v) is 9.39. The summed E-state index contributed by atoms with van der Waals surface area (Å²) in [4.78, 5) is 7.91. The summed E-state index contributed by atoms with van der Waals surface area (Å²) < 4.78 is 0. The van der Waals surface area contributed by atoms with Crippen molar-refractivity contribution in [3.8, 4) is 0 Å². The van der Waals surface area contributed by atoms with Gasteiger partial charge in [0.15, 0.2) is 0 Å². The van der Waals surface area contributed by atoms with Gasteiger partial charge < -0.3 is 0 Å². The maximum absolute atomic E-state index is 5.23. The van der Waals surface area contributed by atoms with E-state index in [1.165, 1.54) is 48.9 Å². The van der Waals surface area contributed by atoms with E-state index in [-0.39, 0.29) is 0 Å². The Morgan fingerprint density at radius 1 is 0.750 bits per heavy atom. The molecule has 0 N–H and O–H groups in total. The molecule has 1 aliphatic carbocycles. The molecule has 4 atom stereocenters. The highest BCUT2D eigenvalue weighted by Crippen LogP contribution is 2.53. The fourth-order valence-electron chi connectivity index (χ4n) is 4.79. The van der Waals surface area contributed by atoms with Crippen molar-refractivity contribution >= 4 is 5.71 Å². The largest absolute Gasteiger partial charge is 0.268 e. The molecule has 24 heavy (non-hydrogen) atoms. The molecule has 1 saturated carbocycles. The van der Waals surface area contributed by atoms with E-state index in [1.807, 2.05) is 0 Å². The summed E-state index contributed by atoms with van der Waals surface area (Å²) in [6.45, 7) is 0. The number of fused-ring (bicyclic) bond motifs is 1. The molecule has 2 aromatic rings. The number of benzene rings is 2. The fourth-order valence-corrected chi connectivity index (χ4v) is 4.79. The first-order valence-electron chi connectivity index (χ1n) is 9.39. The van der Waals surface area contributed by atoms with E-state index >= 15 is 0 Å². The quantitative estimate of drug-likeness (QED) is 0.741. The van der Waals surface area contributed by atoms with Crippen molar-refractivity contribution in [3.05, 3.63) is 71.8 Å². The predicted molar refractivity (Wildman–Crippen MR) is 98.2 cm³/mol. The molecular weight excluding hydrogens is 292 g/mol. The lowest BCUT2D eigenvalue weighted by Crippen LogP contribution is -2.27. The summed E-state index contributed by atoms with van der Waals surface area (Å²) in [5, 5.41) is 0.